The van der Waals surface area contributed by atoms with E-state index in [0.29, 0.717) is 12.8 Å². The Balaban J connectivity index is 1.58. The van der Waals surface area contributed by atoms with Crippen LogP contribution in [0.2, 0.25) is 0 Å². The fraction of sp³-hybridized carbons (Fsp3) is 0.455. The lowest BCUT2D eigenvalue weighted by Crippen LogP contribution is -2.37. The van der Waals surface area contributed by atoms with Crippen LogP contribution in [-0.4, -0.2) is 67.9 Å². The van der Waals surface area contributed by atoms with E-state index in [0.717, 1.165) is 32.0 Å². The number of fused-ring (bicyclic) bond motifs is 1. The van der Waals surface area contributed by atoms with E-state index in [9.17, 15) is 28.8 Å². The number of carbonyl (C=O) groups is 6. The molecule has 0 aromatic heterocycles. The van der Waals surface area contributed by atoms with E-state index in [1.807, 2.05) is 0 Å². The average molecular weight is 460 g/mol. The summed E-state index contributed by atoms with van der Waals surface area (Å²) in [6.07, 6.45) is 2.99. The molecule has 1 aromatic rings. The molecule has 11 nitrogen and oxygen atoms in total. The van der Waals surface area contributed by atoms with E-state index in [1.54, 1.807) is 0 Å². The Morgan fingerprint density at radius 3 is 1.91 bits per heavy atom. The molecule has 1 saturated heterocycles. The summed E-state index contributed by atoms with van der Waals surface area (Å²) in [5.74, 6) is -4.63. The van der Waals surface area contributed by atoms with Crippen LogP contribution in [0, 0.1) is 11.8 Å². The monoisotopic (exact) mass is 460 g/mol. The molecule has 2 unspecified atom stereocenters. The van der Waals surface area contributed by atoms with Gasteiger partial charge in [-0.1, -0.05) is 12.8 Å². The van der Waals surface area contributed by atoms with Gasteiger partial charge in [-0.3, -0.25) is 24.1 Å². The number of esters is 3. The van der Waals surface area contributed by atoms with Crippen molar-refractivity contribution in [1.29, 1.82) is 0 Å². The SMILES string of the molecule is COC(=O)c1cc(NC(=O)COC(=O)CN2C(=O)C3CCCCC3C2=O)cc(C(=O)OC)c1. The summed E-state index contributed by atoms with van der Waals surface area (Å²) >= 11 is 0. The zero-order valence-electron chi connectivity index (χ0n) is 18.3. The number of hydrogen-bond donors (Lipinski definition) is 1. The van der Waals surface area contributed by atoms with Gasteiger partial charge < -0.3 is 19.5 Å². The summed E-state index contributed by atoms with van der Waals surface area (Å²) in [5, 5.41) is 2.41. The van der Waals surface area contributed by atoms with Gasteiger partial charge in [0.05, 0.1) is 37.2 Å². The first-order chi connectivity index (χ1) is 15.7. The van der Waals surface area contributed by atoms with Crippen molar-refractivity contribution >= 4 is 41.3 Å². The normalized spacial score (nSPS) is 19.5. The average Bonchev–Trinajstić information content (AvgIpc) is 3.06. The van der Waals surface area contributed by atoms with Crippen molar-refractivity contribution in [2.45, 2.75) is 25.7 Å². The van der Waals surface area contributed by atoms with E-state index >= 15 is 0 Å². The van der Waals surface area contributed by atoms with Crippen molar-refractivity contribution < 1.29 is 43.0 Å². The lowest BCUT2D eigenvalue weighted by molar-refractivity contribution is -0.154. The van der Waals surface area contributed by atoms with Gasteiger partial charge in [0, 0.05) is 5.69 Å². The van der Waals surface area contributed by atoms with Crippen LogP contribution in [-0.2, 0) is 33.4 Å². The zero-order valence-corrected chi connectivity index (χ0v) is 18.3. The van der Waals surface area contributed by atoms with Crippen molar-refractivity contribution in [2.24, 2.45) is 11.8 Å². The van der Waals surface area contributed by atoms with Gasteiger partial charge >= 0.3 is 17.9 Å². The van der Waals surface area contributed by atoms with Crippen LogP contribution in [0.4, 0.5) is 5.69 Å². The first-order valence-corrected chi connectivity index (χ1v) is 10.4. The fourth-order valence-electron chi connectivity index (χ4n) is 4.08. The molecular weight excluding hydrogens is 436 g/mol. The highest BCUT2D eigenvalue weighted by molar-refractivity contribution is 6.07. The van der Waals surface area contributed by atoms with Crippen LogP contribution >= 0.6 is 0 Å². The van der Waals surface area contributed by atoms with Crippen LogP contribution in [0.1, 0.15) is 46.4 Å². The van der Waals surface area contributed by atoms with E-state index in [1.165, 1.54) is 18.2 Å². The molecule has 1 N–H and O–H groups in total. The largest absolute Gasteiger partial charge is 0.465 e. The molecule has 2 aliphatic rings. The summed E-state index contributed by atoms with van der Waals surface area (Å²) in [5.41, 5.74) is 0.0776. The standard InChI is InChI=1S/C22H24N2O9/c1-31-21(29)12-7-13(22(30)32-2)9-14(8-12)23-17(25)11-33-18(26)10-24-19(27)15-5-3-4-6-16(15)20(24)28/h7-9,15-16H,3-6,10-11H2,1-2H3,(H,23,25). The molecule has 3 rings (SSSR count). The molecule has 176 valence electrons. The smallest absolute Gasteiger partial charge is 0.337 e. The van der Waals surface area contributed by atoms with E-state index < -0.39 is 37.0 Å². The minimum Gasteiger partial charge on any atom is -0.465 e. The highest BCUT2D eigenvalue weighted by Gasteiger charge is 2.48. The van der Waals surface area contributed by atoms with Gasteiger partial charge in [-0.05, 0) is 31.0 Å². The van der Waals surface area contributed by atoms with Gasteiger partial charge in [-0.25, -0.2) is 9.59 Å². The Kier molecular flexibility index (Phi) is 7.41. The molecule has 3 amide bonds. The molecule has 1 saturated carbocycles. The Hall–Kier alpha value is -3.76. The van der Waals surface area contributed by atoms with Crippen molar-refractivity contribution in [2.75, 3.05) is 32.7 Å². The molecule has 11 heteroatoms. The summed E-state index contributed by atoms with van der Waals surface area (Å²) < 4.78 is 14.2. The second-order valence-corrected chi connectivity index (χ2v) is 7.75. The fourth-order valence-corrected chi connectivity index (χ4v) is 4.08. The molecule has 2 atom stereocenters. The number of hydrogen-bond acceptors (Lipinski definition) is 9. The number of likely N-dealkylation sites (tertiary alicyclic amines) is 1. The third kappa shape index (κ3) is 5.36. The molecule has 0 spiro atoms. The number of anilines is 1. The van der Waals surface area contributed by atoms with Gasteiger partial charge in [0.15, 0.2) is 6.61 Å². The lowest BCUT2D eigenvalue weighted by atomic mass is 9.81. The van der Waals surface area contributed by atoms with Gasteiger partial charge in [0.2, 0.25) is 11.8 Å². The van der Waals surface area contributed by atoms with Crippen molar-refractivity contribution in [3.8, 4) is 0 Å². The number of methoxy groups -OCH3 is 2. The summed E-state index contributed by atoms with van der Waals surface area (Å²) in [7, 11) is 2.32. The highest BCUT2D eigenvalue weighted by atomic mass is 16.5. The Morgan fingerprint density at radius 2 is 1.42 bits per heavy atom. The molecule has 1 heterocycles. The Morgan fingerprint density at radius 1 is 0.909 bits per heavy atom. The molecule has 1 aliphatic carbocycles. The lowest BCUT2D eigenvalue weighted by Gasteiger charge is -2.19. The number of carbonyl (C=O) groups excluding carboxylic acids is 6. The molecule has 2 fully saturated rings. The number of imide groups is 1. The van der Waals surface area contributed by atoms with Gasteiger partial charge in [0.25, 0.3) is 5.91 Å². The van der Waals surface area contributed by atoms with E-state index in [2.05, 4.69) is 14.8 Å². The first-order valence-electron chi connectivity index (χ1n) is 10.4. The van der Waals surface area contributed by atoms with Gasteiger partial charge in [-0.2, -0.15) is 0 Å². The maximum atomic E-state index is 12.4. The van der Waals surface area contributed by atoms with Gasteiger partial charge in [0.1, 0.15) is 6.54 Å². The van der Waals surface area contributed by atoms with Crippen LogP contribution in [0.5, 0.6) is 0 Å². The Bertz CT molecular complexity index is 945. The number of nitrogens with zero attached hydrogens (tertiary/aromatic N) is 1. The van der Waals surface area contributed by atoms with Crippen molar-refractivity contribution in [3.63, 3.8) is 0 Å². The second kappa shape index (κ2) is 10.2. The summed E-state index contributed by atoms with van der Waals surface area (Å²) in [6.45, 7) is -1.25. The zero-order chi connectivity index (χ0) is 24.1. The van der Waals surface area contributed by atoms with Crippen molar-refractivity contribution in [3.05, 3.63) is 29.3 Å². The predicted octanol–water partition coefficient (Wildman–Crippen LogP) is 0.917. The molecule has 0 bridgehead atoms. The number of rotatable bonds is 7. The van der Waals surface area contributed by atoms with E-state index in [4.69, 9.17) is 4.74 Å². The Labute approximate surface area is 189 Å². The number of nitrogens with one attached hydrogen (secondary N) is 1. The molecule has 33 heavy (non-hydrogen) atoms. The van der Waals surface area contributed by atoms with Crippen LogP contribution < -0.4 is 5.32 Å². The summed E-state index contributed by atoms with van der Waals surface area (Å²) in [4.78, 5) is 73.8. The van der Waals surface area contributed by atoms with Crippen LogP contribution in [0.25, 0.3) is 0 Å². The second-order valence-electron chi connectivity index (χ2n) is 7.75. The minimum absolute atomic E-state index is 0.000204. The summed E-state index contributed by atoms with van der Waals surface area (Å²) in [6, 6.07) is 3.80. The number of ether oxygens (including phenoxy) is 3. The number of benzene rings is 1. The molecule has 0 radical (unpaired) electrons. The van der Waals surface area contributed by atoms with Crippen LogP contribution in [0.15, 0.2) is 18.2 Å². The molecular formula is C22H24N2O9. The van der Waals surface area contributed by atoms with Gasteiger partial charge in [-0.15, -0.1) is 0 Å². The minimum atomic E-state index is -0.899. The molecule has 1 aromatic carbocycles. The quantitative estimate of drug-likeness (QED) is 0.356. The van der Waals surface area contributed by atoms with Crippen molar-refractivity contribution in [1.82, 2.24) is 4.90 Å². The maximum absolute atomic E-state index is 12.4. The first kappa shape index (κ1) is 23.9. The third-order valence-electron chi connectivity index (χ3n) is 5.64. The number of amides is 3. The van der Waals surface area contributed by atoms with Crippen LogP contribution in [0.3, 0.4) is 0 Å². The maximum Gasteiger partial charge on any atom is 0.337 e. The highest BCUT2D eigenvalue weighted by Crippen LogP contribution is 2.37. The predicted molar refractivity (Wildman–Crippen MR) is 111 cm³/mol. The third-order valence-corrected chi connectivity index (χ3v) is 5.64. The molecule has 1 aliphatic heterocycles. The van der Waals surface area contributed by atoms with E-state index in [-0.39, 0.29) is 40.5 Å². The topological polar surface area (TPSA) is 145 Å².